The highest BCUT2D eigenvalue weighted by Crippen LogP contribution is 2.24. The number of carbonyl (C=O) groups is 1. The van der Waals surface area contributed by atoms with Crippen LogP contribution in [0.2, 0.25) is 0 Å². The van der Waals surface area contributed by atoms with Crippen LogP contribution in [0.3, 0.4) is 0 Å². The number of aryl methyl sites for hydroxylation is 1. The lowest BCUT2D eigenvalue weighted by molar-refractivity contribution is -0.384. The van der Waals surface area contributed by atoms with Gasteiger partial charge in [-0.05, 0) is 25.5 Å². The largest absolute Gasteiger partial charge is 0.459 e. The molecule has 1 aromatic carbocycles. The third-order valence-corrected chi connectivity index (χ3v) is 3.50. The van der Waals surface area contributed by atoms with E-state index in [1.54, 1.807) is 0 Å². The summed E-state index contributed by atoms with van der Waals surface area (Å²) in [6.45, 7) is 4.66. The number of carbonyl (C=O) groups excluding carboxylic acids is 1. The summed E-state index contributed by atoms with van der Waals surface area (Å²) in [7, 11) is 0. The summed E-state index contributed by atoms with van der Waals surface area (Å²) in [6.07, 6.45) is 0.486. The topological polar surface area (TPSA) is 123 Å². The zero-order valence-electron chi connectivity index (χ0n) is 14.1. The van der Waals surface area contributed by atoms with E-state index in [0.717, 1.165) is 0 Å². The van der Waals surface area contributed by atoms with E-state index in [9.17, 15) is 14.9 Å². The number of nitro benzene ring substituents is 1. The maximum absolute atomic E-state index is 12.3. The average Bonchev–Trinajstić information content (AvgIpc) is 2.95. The normalized spacial score (nSPS) is 10.6. The molecule has 2 rings (SSSR count). The number of hydrogen-bond acceptors (Lipinski definition) is 7. The van der Waals surface area contributed by atoms with Gasteiger partial charge in [-0.1, -0.05) is 6.92 Å². The molecular formula is C16H20N4O5. The standard InChI is InChI=1S/C16H20N4O5/c1-3-13-14(16(21)25-10-9-24-4-2)15(17)19(18-13)11-5-7-12(8-6-11)20(22)23/h5-8H,3-4,9-10,17H2,1-2H3. The van der Waals surface area contributed by atoms with Crippen LogP contribution in [0, 0.1) is 10.1 Å². The van der Waals surface area contributed by atoms with Crippen molar-refractivity contribution in [3.63, 3.8) is 0 Å². The number of nitrogens with zero attached hydrogens (tertiary/aromatic N) is 3. The molecule has 1 heterocycles. The van der Waals surface area contributed by atoms with Gasteiger partial charge in [0, 0.05) is 18.7 Å². The summed E-state index contributed by atoms with van der Waals surface area (Å²) < 4.78 is 11.7. The van der Waals surface area contributed by atoms with Crippen molar-refractivity contribution in [2.24, 2.45) is 0 Å². The summed E-state index contributed by atoms with van der Waals surface area (Å²) in [5, 5.41) is 15.1. The fraction of sp³-hybridized carbons (Fsp3) is 0.375. The van der Waals surface area contributed by atoms with Crippen molar-refractivity contribution in [3.8, 4) is 5.69 Å². The molecule has 0 fully saturated rings. The first-order valence-corrected chi connectivity index (χ1v) is 7.86. The van der Waals surface area contributed by atoms with E-state index in [1.165, 1.54) is 28.9 Å². The molecule has 2 N–H and O–H groups in total. The second-order valence-electron chi connectivity index (χ2n) is 5.08. The molecule has 0 unspecified atom stereocenters. The molecule has 0 bridgehead atoms. The fourth-order valence-electron chi connectivity index (χ4n) is 2.27. The average molecular weight is 348 g/mol. The Kier molecular flexibility index (Phi) is 6.07. The van der Waals surface area contributed by atoms with Gasteiger partial charge in [-0.2, -0.15) is 5.10 Å². The van der Waals surface area contributed by atoms with Gasteiger partial charge in [0.15, 0.2) is 0 Å². The zero-order valence-corrected chi connectivity index (χ0v) is 14.1. The van der Waals surface area contributed by atoms with Gasteiger partial charge < -0.3 is 15.2 Å². The van der Waals surface area contributed by atoms with Crippen molar-refractivity contribution in [3.05, 3.63) is 45.6 Å². The maximum atomic E-state index is 12.3. The van der Waals surface area contributed by atoms with E-state index in [0.29, 0.717) is 31.0 Å². The van der Waals surface area contributed by atoms with Crippen molar-refractivity contribution in [1.82, 2.24) is 9.78 Å². The Labute approximate surface area is 144 Å². The lowest BCUT2D eigenvalue weighted by atomic mass is 10.2. The molecule has 0 saturated carbocycles. The number of nitrogen functional groups attached to an aromatic ring is 1. The zero-order chi connectivity index (χ0) is 18.4. The van der Waals surface area contributed by atoms with Crippen LogP contribution in [-0.4, -0.2) is 40.5 Å². The van der Waals surface area contributed by atoms with Gasteiger partial charge in [0.05, 0.1) is 22.9 Å². The highest BCUT2D eigenvalue weighted by molar-refractivity contribution is 5.96. The number of ether oxygens (including phenoxy) is 2. The van der Waals surface area contributed by atoms with Gasteiger partial charge in [-0.25, -0.2) is 9.48 Å². The van der Waals surface area contributed by atoms with Crippen LogP contribution in [0.1, 0.15) is 29.9 Å². The molecule has 9 nitrogen and oxygen atoms in total. The van der Waals surface area contributed by atoms with Crippen molar-refractivity contribution in [1.29, 1.82) is 0 Å². The number of non-ortho nitro benzene ring substituents is 1. The summed E-state index contributed by atoms with van der Waals surface area (Å²) in [4.78, 5) is 22.5. The molecule has 134 valence electrons. The number of nitro groups is 1. The molecule has 0 saturated heterocycles. The Morgan fingerprint density at radius 2 is 1.96 bits per heavy atom. The van der Waals surface area contributed by atoms with E-state index in [2.05, 4.69) is 5.10 Å². The summed E-state index contributed by atoms with van der Waals surface area (Å²) >= 11 is 0. The van der Waals surface area contributed by atoms with Crippen LogP contribution in [0.25, 0.3) is 5.69 Å². The number of esters is 1. The van der Waals surface area contributed by atoms with Gasteiger partial charge >= 0.3 is 5.97 Å². The quantitative estimate of drug-likeness (QED) is 0.335. The predicted octanol–water partition coefficient (Wildman–Crippen LogP) is 2.12. The minimum absolute atomic E-state index is 0.0410. The van der Waals surface area contributed by atoms with Crippen LogP contribution in [0.5, 0.6) is 0 Å². The summed E-state index contributed by atoms with van der Waals surface area (Å²) in [5.41, 5.74) is 7.26. The van der Waals surface area contributed by atoms with Crippen molar-refractivity contribution in [2.75, 3.05) is 25.6 Å². The van der Waals surface area contributed by atoms with Crippen LogP contribution in [0.15, 0.2) is 24.3 Å². The molecule has 0 aliphatic rings. The van der Waals surface area contributed by atoms with Gasteiger partial charge in [0.1, 0.15) is 18.0 Å². The second kappa shape index (κ2) is 8.25. The third kappa shape index (κ3) is 4.13. The Hall–Kier alpha value is -2.94. The smallest absolute Gasteiger partial charge is 0.343 e. The van der Waals surface area contributed by atoms with E-state index in [1.807, 2.05) is 13.8 Å². The van der Waals surface area contributed by atoms with Crippen LogP contribution in [0.4, 0.5) is 11.5 Å². The number of aromatic nitrogens is 2. The third-order valence-electron chi connectivity index (χ3n) is 3.50. The Balaban J connectivity index is 2.28. The highest BCUT2D eigenvalue weighted by Gasteiger charge is 2.23. The molecule has 0 aliphatic carbocycles. The lowest BCUT2D eigenvalue weighted by Crippen LogP contribution is -2.13. The summed E-state index contributed by atoms with van der Waals surface area (Å²) in [6, 6.07) is 5.74. The first kappa shape index (κ1) is 18.4. The van der Waals surface area contributed by atoms with Crippen LogP contribution in [-0.2, 0) is 15.9 Å². The molecule has 0 aliphatic heterocycles. The number of hydrogen-bond donors (Lipinski definition) is 1. The van der Waals surface area contributed by atoms with Crippen LogP contribution >= 0.6 is 0 Å². The SMILES string of the molecule is CCOCCOC(=O)c1c(CC)nn(-c2ccc([N+](=O)[O-])cc2)c1N. The lowest BCUT2D eigenvalue weighted by Gasteiger charge is -2.06. The predicted molar refractivity (Wildman–Crippen MR) is 90.8 cm³/mol. The molecule has 0 spiro atoms. The first-order valence-electron chi connectivity index (χ1n) is 7.86. The van der Waals surface area contributed by atoms with E-state index in [4.69, 9.17) is 15.2 Å². The van der Waals surface area contributed by atoms with Gasteiger partial charge in [0.2, 0.25) is 0 Å². The van der Waals surface area contributed by atoms with Gasteiger partial charge in [0.25, 0.3) is 5.69 Å². The number of benzene rings is 1. The Morgan fingerprint density at radius 3 is 2.52 bits per heavy atom. The van der Waals surface area contributed by atoms with Crippen LogP contribution < -0.4 is 5.73 Å². The maximum Gasteiger partial charge on any atom is 0.343 e. The molecule has 25 heavy (non-hydrogen) atoms. The summed E-state index contributed by atoms with van der Waals surface area (Å²) in [5.74, 6) is -0.436. The number of rotatable bonds is 8. The highest BCUT2D eigenvalue weighted by atomic mass is 16.6. The van der Waals surface area contributed by atoms with Crippen molar-refractivity contribution in [2.45, 2.75) is 20.3 Å². The second-order valence-corrected chi connectivity index (χ2v) is 5.08. The minimum Gasteiger partial charge on any atom is -0.459 e. The van der Waals surface area contributed by atoms with Crippen molar-refractivity contribution >= 4 is 17.5 Å². The molecular weight excluding hydrogens is 328 g/mol. The molecule has 0 radical (unpaired) electrons. The van der Waals surface area contributed by atoms with Gasteiger partial charge in [-0.3, -0.25) is 10.1 Å². The van der Waals surface area contributed by atoms with Gasteiger partial charge in [-0.15, -0.1) is 0 Å². The van der Waals surface area contributed by atoms with Crippen molar-refractivity contribution < 1.29 is 19.2 Å². The monoisotopic (exact) mass is 348 g/mol. The molecule has 2 aromatic rings. The molecule has 0 atom stereocenters. The minimum atomic E-state index is -0.567. The molecule has 0 amide bonds. The van der Waals surface area contributed by atoms with E-state index >= 15 is 0 Å². The number of nitrogens with two attached hydrogens (primary N) is 1. The van der Waals surface area contributed by atoms with E-state index in [-0.39, 0.29) is 23.7 Å². The fourth-order valence-corrected chi connectivity index (χ4v) is 2.27. The first-order chi connectivity index (χ1) is 12.0. The molecule has 1 aromatic heterocycles. The van der Waals surface area contributed by atoms with E-state index < -0.39 is 10.9 Å². The number of anilines is 1. The Morgan fingerprint density at radius 1 is 1.28 bits per heavy atom. The molecule has 9 heteroatoms. The Bertz CT molecular complexity index is 755.